The summed E-state index contributed by atoms with van der Waals surface area (Å²) >= 11 is 0. The van der Waals surface area contributed by atoms with Gasteiger partial charge in [-0.3, -0.25) is 0 Å². The molecule has 2 heteroatoms. The molecule has 1 fully saturated rings. The third kappa shape index (κ3) is 3.37. The maximum Gasteiger partial charge on any atom is 2.00 e. The Bertz CT molecular complexity index is 67.3. The summed E-state index contributed by atoms with van der Waals surface area (Å²) in [5, 5.41) is 0. The average Bonchev–Trinajstić information content (AvgIpc) is 1.64. The largest absolute Gasteiger partial charge is 2.00 e. The van der Waals surface area contributed by atoms with Crippen molar-refractivity contribution in [1.29, 1.82) is 0 Å². The number of hydrogen-bond donors (Lipinski definition) is 0. The van der Waals surface area contributed by atoms with Crippen LogP contribution in [0, 0.1) is 12.8 Å². The van der Waals surface area contributed by atoms with Crippen molar-refractivity contribution in [3.63, 3.8) is 0 Å². The Kier molecular flexibility index (Phi) is 4.78. The van der Waals surface area contributed by atoms with E-state index in [1.54, 1.807) is 0 Å². The molecule has 0 radical (unpaired) electrons. The van der Waals surface area contributed by atoms with Crippen molar-refractivity contribution >= 4 is 0 Å². The molecule has 1 nitrogen and oxygen atoms in total. The molecule has 0 bridgehead atoms. The van der Waals surface area contributed by atoms with Gasteiger partial charge in [0.05, 0.1) is 0 Å². The third-order valence-corrected chi connectivity index (χ3v) is 1.72. The molecule has 1 rings (SSSR count). The molecule has 0 aromatic heterocycles. The second kappa shape index (κ2) is 4.46. The Hall–Kier alpha value is 0.648. The molecular weight excluding hydrogens is 282 g/mol. The van der Waals surface area contributed by atoms with Crippen LogP contribution in [0.4, 0.5) is 0 Å². The first-order valence-electron chi connectivity index (χ1n) is 3.30. The van der Waals surface area contributed by atoms with Crippen LogP contribution in [0.1, 0.15) is 12.8 Å². The van der Waals surface area contributed by atoms with Gasteiger partial charge in [0.2, 0.25) is 0 Å². The van der Waals surface area contributed by atoms with Crippen LogP contribution in [0.2, 0.25) is 0 Å². The normalized spacial score (nSPS) is 29.3. The van der Waals surface area contributed by atoms with E-state index >= 15 is 0 Å². The fourth-order valence-electron chi connectivity index (χ4n) is 1.27. The summed E-state index contributed by atoms with van der Waals surface area (Å²) in [4.78, 5) is 2.35. The fraction of sp³-hybridized carbons (Fsp3) is 0.857. The van der Waals surface area contributed by atoms with Crippen LogP contribution in [0.15, 0.2) is 0 Å². The molecule has 1 heterocycles. The summed E-state index contributed by atoms with van der Waals surface area (Å²) in [6, 6.07) is 0. The van der Waals surface area contributed by atoms with Crippen molar-refractivity contribution < 1.29 is 21.1 Å². The number of piperidine rings is 1. The monoisotopic (exact) mass is 296 g/mol. The van der Waals surface area contributed by atoms with E-state index in [4.69, 9.17) is 0 Å². The van der Waals surface area contributed by atoms with Gasteiger partial charge in [0.25, 0.3) is 0 Å². The third-order valence-electron chi connectivity index (χ3n) is 1.72. The Balaban J connectivity index is 0.000000640. The Morgan fingerprint density at radius 2 is 2.22 bits per heavy atom. The number of rotatable bonds is 0. The van der Waals surface area contributed by atoms with E-state index in [-0.39, 0.29) is 21.1 Å². The van der Waals surface area contributed by atoms with Gasteiger partial charge in [-0.2, -0.15) is 5.92 Å². The molecule has 0 spiro atoms. The number of hydrogen-bond acceptors (Lipinski definition) is 1. The van der Waals surface area contributed by atoms with Crippen molar-refractivity contribution in [1.82, 2.24) is 4.90 Å². The maximum absolute atomic E-state index is 4.01. The van der Waals surface area contributed by atoms with Gasteiger partial charge in [-0.15, -0.1) is 0 Å². The molecule has 0 aromatic rings. The first kappa shape index (κ1) is 9.65. The molecule has 0 amide bonds. The van der Waals surface area contributed by atoms with Crippen LogP contribution in [0.3, 0.4) is 0 Å². The minimum Gasteiger partial charge on any atom is -0.339 e. The smallest absolute Gasteiger partial charge is 0.339 e. The molecular formula is C7H14NW+. The number of likely N-dealkylation sites (tertiary alicyclic amines) is 1. The minimum atomic E-state index is 0. The molecule has 0 aliphatic carbocycles. The SMILES string of the molecule is [CH2-]C1CCCN(C)C1.[W+2]. The first-order valence-corrected chi connectivity index (χ1v) is 3.30. The average molecular weight is 296 g/mol. The molecule has 0 N–H and O–H groups in total. The number of nitrogens with zero attached hydrogens (tertiary/aromatic N) is 1. The summed E-state index contributed by atoms with van der Waals surface area (Å²) in [7, 11) is 2.16. The summed E-state index contributed by atoms with van der Waals surface area (Å²) < 4.78 is 0. The van der Waals surface area contributed by atoms with Crippen LogP contribution in [-0.4, -0.2) is 25.0 Å². The molecule has 52 valence electrons. The Morgan fingerprint density at radius 1 is 1.56 bits per heavy atom. The van der Waals surface area contributed by atoms with Crippen molar-refractivity contribution in [2.24, 2.45) is 5.92 Å². The van der Waals surface area contributed by atoms with E-state index in [9.17, 15) is 0 Å². The summed E-state index contributed by atoms with van der Waals surface area (Å²) in [5.74, 6) is 0.689. The molecule has 0 aromatic carbocycles. The molecule has 1 aliphatic rings. The fourth-order valence-corrected chi connectivity index (χ4v) is 1.27. The maximum atomic E-state index is 4.01. The minimum absolute atomic E-state index is 0. The van der Waals surface area contributed by atoms with Crippen molar-refractivity contribution in [3.8, 4) is 0 Å². The van der Waals surface area contributed by atoms with Gasteiger partial charge in [0.15, 0.2) is 0 Å². The Labute approximate surface area is 72.1 Å². The molecule has 9 heavy (non-hydrogen) atoms. The Morgan fingerprint density at radius 3 is 2.56 bits per heavy atom. The molecule has 1 saturated heterocycles. The van der Waals surface area contributed by atoms with Gasteiger partial charge < -0.3 is 11.8 Å². The molecule has 0 saturated carbocycles. The predicted molar refractivity (Wildman–Crippen MR) is 35.6 cm³/mol. The van der Waals surface area contributed by atoms with Crippen LogP contribution in [0.5, 0.6) is 0 Å². The van der Waals surface area contributed by atoms with Gasteiger partial charge in [-0.1, -0.05) is 6.42 Å². The molecule has 1 aliphatic heterocycles. The van der Waals surface area contributed by atoms with E-state index in [0.29, 0.717) is 5.92 Å². The van der Waals surface area contributed by atoms with E-state index in [1.165, 1.54) is 25.9 Å². The van der Waals surface area contributed by atoms with Crippen molar-refractivity contribution in [2.45, 2.75) is 12.8 Å². The van der Waals surface area contributed by atoms with Gasteiger partial charge >= 0.3 is 21.1 Å². The summed E-state index contributed by atoms with van der Waals surface area (Å²) in [5.41, 5.74) is 0. The first-order chi connectivity index (χ1) is 3.79. The van der Waals surface area contributed by atoms with Gasteiger partial charge in [-0.25, -0.2) is 0 Å². The second-order valence-electron chi connectivity index (χ2n) is 2.77. The second-order valence-corrected chi connectivity index (χ2v) is 2.77. The van der Waals surface area contributed by atoms with Crippen LogP contribution >= 0.6 is 0 Å². The zero-order chi connectivity index (χ0) is 5.98. The zero-order valence-corrected chi connectivity index (χ0v) is 8.90. The summed E-state index contributed by atoms with van der Waals surface area (Å²) in [6.45, 7) is 6.47. The van der Waals surface area contributed by atoms with Gasteiger partial charge in [-0.05, 0) is 26.6 Å². The molecule has 1 atom stereocenters. The van der Waals surface area contributed by atoms with Crippen LogP contribution < -0.4 is 0 Å². The zero-order valence-electron chi connectivity index (χ0n) is 5.97. The molecule has 1 unspecified atom stereocenters. The van der Waals surface area contributed by atoms with E-state index < -0.39 is 0 Å². The predicted octanol–water partition coefficient (Wildman–Crippen LogP) is 1.16. The standard InChI is InChI=1S/C7H14N.W/c1-7-4-3-5-8(2)6-7;/h7H,1,3-6H2,2H3;/q-1;+2. The van der Waals surface area contributed by atoms with Gasteiger partial charge in [0.1, 0.15) is 0 Å². The van der Waals surface area contributed by atoms with Crippen molar-refractivity contribution in [3.05, 3.63) is 6.92 Å². The summed E-state index contributed by atoms with van der Waals surface area (Å²) in [6.07, 6.45) is 2.66. The van der Waals surface area contributed by atoms with E-state index in [2.05, 4.69) is 18.9 Å². The van der Waals surface area contributed by atoms with E-state index in [0.717, 1.165) is 0 Å². The van der Waals surface area contributed by atoms with Gasteiger partial charge in [0, 0.05) is 0 Å². The quantitative estimate of drug-likeness (QED) is 0.606. The van der Waals surface area contributed by atoms with E-state index in [1.807, 2.05) is 0 Å². The van der Waals surface area contributed by atoms with Crippen LogP contribution in [0.25, 0.3) is 0 Å². The topological polar surface area (TPSA) is 3.24 Å². The van der Waals surface area contributed by atoms with Crippen molar-refractivity contribution in [2.75, 3.05) is 20.1 Å². The van der Waals surface area contributed by atoms with Crippen LogP contribution in [-0.2, 0) is 21.1 Å².